The summed E-state index contributed by atoms with van der Waals surface area (Å²) in [6.07, 6.45) is 0. The van der Waals surface area contributed by atoms with Crippen LogP contribution in [0.1, 0.15) is 25.0 Å². The van der Waals surface area contributed by atoms with Gasteiger partial charge in [-0.2, -0.15) is 0 Å². The molecule has 0 amide bonds. The Kier molecular flexibility index (Phi) is 3.50. The lowest BCUT2D eigenvalue weighted by molar-refractivity contribution is 1.82. The fourth-order valence-corrected chi connectivity index (χ4v) is 6.09. The second kappa shape index (κ2) is 5.89. The van der Waals surface area contributed by atoms with Gasteiger partial charge < -0.3 is 0 Å². The Hall–Kier alpha value is -2.78. The number of benzene rings is 3. The van der Waals surface area contributed by atoms with Gasteiger partial charge in [0.2, 0.25) is 0 Å². The first kappa shape index (κ1) is 15.5. The second-order valence-electron chi connectivity index (χ2n) is 6.10. The standard InChI is InChI=1S/C24H14S2/c1-3-9-17-21-15-11-5-7-13-19(15)26-24(21)18(10-4-2)22-16-12-6-8-14-20(16)25-23(17)22/h5-8,11-14H,1-2H3. The maximum Gasteiger partial charge on any atom is 0.0531 e. The van der Waals surface area contributed by atoms with E-state index >= 15 is 0 Å². The molecule has 0 N–H and O–H groups in total. The second-order valence-corrected chi connectivity index (χ2v) is 8.21. The average molecular weight is 367 g/mol. The van der Waals surface area contributed by atoms with Crippen molar-refractivity contribution in [2.24, 2.45) is 0 Å². The van der Waals surface area contributed by atoms with Crippen LogP contribution in [0.5, 0.6) is 0 Å². The number of thiophene rings is 2. The molecule has 0 radical (unpaired) electrons. The van der Waals surface area contributed by atoms with Gasteiger partial charge in [0.05, 0.1) is 20.5 Å². The SMILES string of the molecule is CC#Cc1c2sc3ccccc3c2c(C#CC)c2sc3ccccc3c12. The molecule has 0 aliphatic rings. The molecule has 0 fully saturated rings. The predicted octanol–water partition coefficient (Wildman–Crippen LogP) is 7.17. The van der Waals surface area contributed by atoms with Gasteiger partial charge in [0.1, 0.15) is 0 Å². The van der Waals surface area contributed by atoms with Crippen LogP contribution in [-0.2, 0) is 0 Å². The van der Waals surface area contributed by atoms with E-state index in [1.165, 1.54) is 40.3 Å². The lowest BCUT2D eigenvalue weighted by atomic mass is 9.98. The van der Waals surface area contributed by atoms with Crippen molar-refractivity contribution in [3.8, 4) is 23.7 Å². The zero-order valence-corrected chi connectivity index (χ0v) is 16.1. The molecule has 122 valence electrons. The van der Waals surface area contributed by atoms with E-state index in [4.69, 9.17) is 0 Å². The van der Waals surface area contributed by atoms with Gasteiger partial charge in [-0.05, 0) is 26.0 Å². The summed E-state index contributed by atoms with van der Waals surface area (Å²) in [7, 11) is 0. The highest BCUT2D eigenvalue weighted by Crippen LogP contribution is 2.46. The molecule has 0 unspecified atom stereocenters. The molecule has 3 aromatic carbocycles. The Bertz CT molecular complexity index is 1340. The molecular weight excluding hydrogens is 352 g/mol. The Morgan fingerprint density at radius 1 is 0.615 bits per heavy atom. The minimum Gasteiger partial charge on any atom is -0.134 e. The smallest absolute Gasteiger partial charge is 0.0531 e. The predicted molar refractivity (Wildman–Crippen MR) is 117 cm³/mol. The molecule has 0 bridgehead atoms. The molecule has 0 spiro atoms. The van der Waals surface area contributed by atoms with Crippen molar-refractivity contribution in [1.29, 1.82) is 0 Å². The minimum absolute atomic E-state index is 1.15. The third-order valence-corrected chi connectivity index (χ3v) is 7.02. The first-order chi connectivity index (χ1) is 12.8. The molecule has 2 heterocycles. The Morgan fingerprint density at radius 2 is 1.04 bits per heavy atom. The highest BCUT2D eigenvalue weighted by molar-refractivity contribution is 7.28. The maximum absolute atomic E-state index is 3.42. The molecule has 2 heteroatoms. The lowest BCUT2D eigenvalue weighted by Crippen LogP contribution is -1.84. The molecule has 0 atom stereocenters. The van der Waals surface area contributed by atoms with E-state index in [-0.39, 0.29) is 0 Å². The average Bonchev–Trinajstić information content (AvgIpc) is 3.23. The highest BCUT2D eigenvalue weighted by Gasteiger charge is 2.20. The molecule has 0 nitrogen and oxygen atoms in total. The summed E-state index contributed by atoms with van der Waals surface area (Å²) < 4.78 is 5.11. The zero-order chi connectivity index (χ0) is 17.7. The van der Waals surface area contributed by atoms with Crippen molar-refractivity contribution in [3.05, 3.63) is 59.7 Å². The van der Waals surface area contributed by atoms with Crippen molar-refractivity contribution in [2.75, 3.05) is 0 Å². The summed E-state index contributed by atoms with van der Waals surface area (Å²) in [4.78, 5) is 0. The van der Waals surface area contributed by atoms with Crippen molar-refractivity contribution in [2.45, 2.75) is 13.8 Å². The third-order valence-electron chi connectivity index (χ3n) is 4.65. The van der Waals surface area contributed by atoms with E-state index in [9.17, 15) is 0 Å². The summed E-state index contributed by atoms with van der Waals surface area (Å²) in [5.41, 5.74) is 2.30. The first-order valence-electron chi connectivity index (χ1n) is 8.47. The van der Waals surface area contributed by atoms with Gasteiger partial charge in [-0.15, -0.1) is 34.5 Å². The molecule has 26 heavy (non-hydrogen) atoms. The third kappa shape index (κ3) is 2.04. The molecule has 0 aliphatic carbocycles. The number of fused-ring (bicyclic) bond motifs is 6. The Balaban J connectivity index is 2.19. The molecule has 5 rings (SSSR count). The van der Waals surface area contributed by atoms with Gasteiger partial charge in [0.25, 0.3) is 0 Å². The van der Waals surface area contributed by atoms with Gasteiger partial charge in [-0.1, -0.05) is 48.2 Å². The van der Waals surface area contributed by atoms with Crippen LogP contribution in [0, 0.1) is 23.7 Å². The van der Waals surface area contributed by atoms with Crippen molar-refractivity contribution < 1.29 is 0 Å². The molecule has 0 aliphatic heterocycles. The van der Waals surface area contributed by atoms with Crippen LogP contribution in [0.3, 0.4) is 0 Å². The monoisotopic (exact) mass is 366 g/mol. The van der Waals surface area contributed by atoms with E-state index in [0.717, 1.165) is 11.1 Å². The molecule has 0 saturated carbocycles. The normalized spacial score (nSPS) is 10.8. The molecule has 2 aromatic heterocycles. The van der Waals surface area contributed by atoms with E-state index in [1.807, 2.05) is 36.5 Å². The zero-order valence-electron chi connectivity index (χ0n) is 14.4. The van der Waals surface area contributed by atoms with Crippen LogP contribution >= 0.6 is 22.7 Å². The topological polar surface area (TPSA) is 0 Å². The van der Waals surface area contributed by atoms with Crippen LogP contribution in [0.25, 0.3) is 40.3 Å². The van der Waals surface area contributed by atoms with Crippen LogP contribution in [0.15, 0.2) is 48.5 Å². The summed E-state index contributed by atoms with van der Waals surface area (Å²) in [6.45, 7) is 3.83. The summed E-state index contributed by atoms with van der Waals surface area (Å²) >= 11 is 3.66. The fraction of sp³-hybridized carbons (Fsp3) is 0.0833. The van der Waals surface area contributed by atoms with Crippen molar-refractivity contribution in [1.82, 2.24) is 0 Å². The largest absolute Gasteiger partial charge is 0.134 e. The molecule has 5 aromatic rings. The Labute approximate surface area is 160 Å². The van der Waals surface area contributed by atoms with Crippen LogP contribution < -0.4 is 0 Å². The van der Waals surface area contributed by atoms with E-state index in [0.29, 0.717) is 0 Å². The van der Waals surface area contributed by atoms with E-state index in [1.54, 1.807) is 0 Å². The first-order valence-corrected chi connectivity index (χ1v) is 10.1. The van der Waals surface area contributed by atoms with Crippen molar-refractivity contribution >= 4 is 63.0 Å². The van der Waals surface area contributed by atoms with Gasteiger partial charge >= 0.3 is 0 Å². The van der Waals surface area contributed by atoms with Gasteiger partial charge in [-0.3, -0.25) is 0 Å². The van der Waals surface area contributed by atoms with Gasteiger partial charge in [0, 0.05) is 30.9 Å². The quantitative estimate of drug-likeness (QED) is 0.255. The number of hydrogen-bond acceptors (Lipinski definition) is 2. The van der Waals surface area contributed by atoms with Gasteiger partial charge in [-0.25, -0.2) is 0 Å². The van der Waals surface area contributed by atoms with Crippen LogP contribution in [0.4, 0.5) is 0 Å². The number of hydrogen-bond donors (Lipinski definition) is 0. The van der Waals surface area contributed by atoms with E-state index < -0.39 is 0 Å². The van der Waals surface area contributed by atoms with Crippen LogP contribution in [0.2, 0.25) is 0 Å². The summed E-state index contributed by atoms with van der Waals surface area (Å²) in [5.74, 6) is 13.1. The fourth-order valence-electron chi connectivity index (χ4n) is 3.66. The number of rotatable bonds is 0. The summed E-state index contributed by atoms with van der Waals surface area (Å²) in [6, 6.07) is 17.2. The molecule has 0 saturated heterocycles. The summed E-state index contributed by atoms with van der Waals surface area (Å²) in [5, 5.41) is 5.08. The van der Waals surface area contributed by atoms with Gasteiger partial charge in [0.15, 0.2) is 0 Å². The van der Waals surface area contributed by atoms with E-state index in [2.05, 4.69) is 72.2 Å². The van der Waals surface area contributed by atoms with Crippen LogP contribution in [-0.4, -0.2) is 0 Å². The minimum atomic E-state index is 1.15. The highest BCUT2D eigenvalue weighted by atomic mass is 32.1. The maximum atomic E-state index is 3.42. The van der Waals surface area contributed by atoms with Crippen molar-refractivity contribution in [3.63, 3.8) is 0 Å². The molecular formula is C24H14S2. The lowest BCUT2D eigenvalue weighted by Gasteiger charge is -2.04. The Morgan fingerprint density at radius 3 is 1.46 bits per heavy atom.